The molecule has 0 saturated carbocycles. The number of halogens is 1. The molecule has 19 heavy (non-hydrogen) atoms. The van der Waals surface area contributed by atoms with Gasteiger partial charge in [0.25, 0.3) is 0 Å². The highest BCUT2D eigenvalue weighted by atomic mass is 79.9. The predicted octanol–water partition coefficient (Wildman–Crippen LogP) is 3.49. The number of rotatable bonds is 7. The zero-order valence-electron chi connectivity index (χ0n) is 11.9. The Morgan fingerprint density at radius 2 is 1.89 bits per heavy atom. The van der Waals surface area contributed by atoms with Crippen LogP contribution in [0.1, 0.15) is 45.3 Å². The topological polar surface area (TPSA) is 43.7 Å². The van der Waals surface area contributed by atoms with Gasteiger partial charge in [0.15, 0.2) is 0 Å². The van der Waals surface area contributed by atoms with Crippen molar-refractivity contribution in [2.75, 3.05) is 18.1 Å². The Morgan fingerprint density at radius 1 is 1.26 bits per heavy atom. The van der Waals surface area contributed by atoms with Crippen molar-refractivity contribution in [3.8, 4) is 0 Å². The molecule has 1 rings (SSSR count). The van der Waals surface area contributed by atoms with Crippen LogP contribution in [0.5, 0.6) is 0 Å². The summed E-state index contributed by atoms with van der Waals surface area (Å²) in [6, 6.07) is 6.28. The Hall–Kier alpha value is -0.580. The second-order valence-electron chi connectivity index (χ2n) is 4.77. The number of aliphatic hydroxyl groups excluding tert-OH is 2. The zero-order chi connectivity index (χ0) is 14.4. The molecule has 4 heteroatoms. The summed E-state index contributed by atoms with van der Waals surface area (Å²) in [5.74, 6) is 0. The molecular weight excluding hydrogens is 306 g/mol. The van der Waals surface area contributed by atoms with Crippen molar-refractivity contribution >= 4 is 21.6 Å². The summed E-state index contributed by atoms with van der Waals surface area (Å²) in [5, 5.41) is 19.3. The highest BCUT2D eigenvalue weighted by Crippen LogP contribution is 2.32. The molecule has 0 amide bonds. The maximum atomic E-state index is 9.94. The summed E-state index contributed by atoms with van der Waals surface area (Å²) in [7, 11) is 0. The molecule has 0 aliphatic rings. The van der Waals surface area contributed by atoms with Gasteiger partial charge in [0, 0.05) is 28.3 Å². The fraction of sp³-hybridized carbons (Fsp3) is 0.600. The minimum absolute atomic E-state index is 0.113. The molecule has 1 aromatic rings. The van der Waals surface area contributed by atoms with Crippen molar-refractivity contribution < 1.29 is 10.2 Å². The van der Waals surface area contributed by atoms with Crippen LogP contribution in [-0.2, 0) is 0 Å². The Morgan fingerprint density at radius 3 is 2.37 bits per heavy atom. The standard InChI is InChI=1S/C15H24BrNO2/c1-4-13(5-2)17(8-9-18)15-10-12(16)6-7-14(15)11(3)19/h6-7,10-11,13,18-19H,4-5,8-9H2,1-3H3. The minimum Gasteiger partial charge on any atom is -0.395 e. The first kappa shape index (κ1) is 16.5. The molecule has 108 valence electrons. The van der Waals surface area contributed by atoms with Gasteiger partial charge < -0.3 is 15.1 Å². The maximum Gasteiger partial charge on any atom is 0.0782 e. The van der Waals surface area contributed by atoms with E-state index in [4.69, 9.17) is 0 Å². The molecule has 1 atom stereocenters. The van der Waals surface area contributed by atoms with Crippen molar-refractivity contribution in [2.24, 2.45) is 0 Å². The molecule has 0 aromatic heterocycles. The summed E-state index contributed by atoms with van der Waals surface area (Å²) in [5.41, 5.74) is 1.91. The normalized spacial score (nSPS) is 12.8. The van der Waals surface area contributed by atoms with Gasteiger partial charge in [-0.25, -0.2) is 0 Å². The quantitative estimate of drug-likeness (QED) is 0.804. The van der Waals surface area contributed by atoms with E-state index in [9.17, 15) is 10.2 Å². The van der Waals surface area contributed by atoms with Gasteiger partial charge in [0.05, 0.1) is 12.7 Å². The van der Waals surface area contributed by atoms with Crippen LogP contribution in [0.2, 0.25) is 0 Å². The first-order valence-corrected chi connectivity index (χ1v) is 7.69. The number of aliphatic hydroxyl groups is 2. The Kier molecular flexibility index (Phi) is 6.83. The molecule has 0 bridgehead atoms. The molecule has 1 aromatic carbocycles. The fourth-order valence-corrected chi connectivity index (χ4v) is 2.80. The van der Waals surface area contributed by atoms with Gasteiger partial charge in [-0.3, -0.25) is 0 Å². The number of nitrogens with zero attached hydrogens (tertiary/aromatic N) is 1. The molecule has 3 nitrogen and oxygen atoms in total. The number of hydrogen-bond donors (Lipinski definition) is 2. The van der Waals surface area contributed by atoms with E-state index in [-0.39, 0.29) is 6.61 Å². The lowest BCUT2D eigenvalue weighted by Crippen LogP contribution is -2.37. The van der Waals surface area contributed by atoms with E-state index in [1.54, 1.807) is 6.92 Å². The van der Waals surface area contributed by atoms with Crippen LogP contribution >= 0.6 is 15.9 Å². The van der Waals surface area contributed by atoms with E-state index in [0.29, 0.717) is 12.6 Å². The Labute approximate surface area is 124 Å². The third kappa shape index (κ3) is 4.20. The van der Waals surface area contributed by atoms with Crippen molar-refractivity contribution in [3.63, 3.8) is 0 Å². The van der Waals surface area contributed by atoms with Gasteiger partial charge in [-0.15, -0.1) is 0 Å². The lowest BCUT2D eigenvalue weighted by atomic mass is 10.0. The Bertz CT molecular complexity index is 392. The summed E-state index contributed by atoms with van der Waals surface area (Å²) in [4.78, 5) is 2.20. The Balaban J connectivity index is 3.23. The molecule has 0 heterocycles. The first-order chi connectivity index (χ1) is 9.04. The number of hydrogen-bond acceptors (Lipinski definition) is 3. The van der Waals surface area contributed by atoms with Crippen molar-refractivity contribution in [2.45, 2.75) is 45.8 Å². The van der Waals surface area contributed by atoms with Gasteiger partial charge in [-0.1, -0.05) is 35.8 Å². The highest BCUT2D eigenvalue weighted by molar-refractivity contribution is 9.10. The lowest BCUT2D eigenvalue weighted by molar-refractivity contribution is 0.199. The fourth-order valence-electron chi connectivity index (χ4n) is 2.46. The van der Waals surface area contributed by atoms with E-state index < -0.39 is 6.10 Å². The van der Waals surface area contributed by atoms with Crippen LogP contribution in [0.25, 0.3) is 0 Å². The van der Waals surface area contributed by atoms with Crippen molar-refractivity contribution in [1.29, 1.82) is 0 Å². The molecule has 0 spiro atoms. The SMILES string of the molecule is CCC(CC)N(CCO)c1cc(Br)ccc1C(C)O. The third-order valence-electron chi connectivity index (χ3n) is 3.48. The van der Waals surface area contributed by atoms with E-state index in [1.807, 2.05) is 18.2 Å². The molecule has 1 unspecified atom stereocenters. The van der Waals surface area contributed by atoms with E-state index in [1.165, 1.54) is 0 Å². The van der Waals surface area contributed by atoms with Gasteiger partial charge in [-0.05, 0) is 31.9 Å². The molecule has 0 aliphatic carbocycles. The summed E-state index contributed by atoms with van der Waals surface area (Å²) in [6.45, 7) is 6.78. The van der Waals surface area contributed by atoms with Gasteiger partial charge in [0.2, 0.25) is 0 Å². The molecular formula is C15H24BrNO2. The number of benzene rings is 1. The van der Waals surface area contributed by atoms with Crippen LogP contribution < -0.4 is 4.90 Å². The molecule has 2 N–H and O–H groups in total. The van der Waals surface area contributed by atoms with Crippen LogP contribution in [0.3, 0.4) is 0 Å². The average Bonchev–Trinajstić information content (AvgIpc) is 2.38. The van der Waals surface area contributed by atoms with Crippen LogP contribution in [0.4, 0.5) is 5.69 Å². The van der Waals surface area contributed by atoms with Crippen LogP contribution in [0.15, 0.2) is 22.7 Å². The van der Waals surface area contributed by atoms with E-state index in [2.05, 4.69) is 34.7 Å². The monoisotopic (exact) mass is 329 g/mol. The van der Waals surface area contributed by atoms with E-state index >= 15 is 0 Å². The summed E-state index contributed by atoms with van der Waals surface area (Å²) >= 11 is 3.49. The highest BCUT2D eigenvalue weighted by Gasteiger charge is 2.20. The van der Waals surface area contributed by atoms with E-state index in [0.717, 1.165) is 28.6 Å². The predicted molar refractivity (Wildman–Crippen MR) is 83.6 cm³/mol. The van der Waals surface area contributed by atoms with Gasteiger partial charge in [0.1, 0.15) is 0 Å². The zero-order valence-corrected chi connectivity index (χ0v) is 13.5. The second-order valence-corrected chi connectivity index (χ2v) is 5.68. The van der Waals surface area contributed by atoms with Gasteiger partial charge >= 0.3 is 0 Å². The van der Waals surface area contributed by atoms with Crippen molar-refractivity contribution in [1.82, 2.24) is 0 Å². The maximum absolute atomic E-state index is 9.94. The van der Waals surface area contributed by atoms with Gasteiger partial charge in [-0.2, -0.15) is 0 Å². The average molecular weight is 330 g/mol. The molecule has 0 saturated heterocycles. The van der Waals surface area contributed by atoms with Crippen LogP contribution in [-0.4, -0.2) is 29.4 Å². The smallest absolute Gasteiger partial charge is 0.0782 e. The number of anilines is 1. The van der Waals surface area contributed by atoms with Crippen LogP contribution in [0, 0.1) is 0 Å². The largest absolute Gasteiger partial charge is 0.395 e. The summed E-state index contributed by atoms with van der Waals surface area (Å²) < 4.78 is 0.987. The molecule has 0 aliphatic heterocycles. The third-order valence-corrected chi connectivity index (χ3v) is 3.97. The lowest BCUT2D eigenvalue weighted by Gasteiger charge is -2.34. The molecule has 0 fully saturated rings. The second kappa shape index (κ2) is 7.88. The van der Waals surface area contributed by atoms with Crippen molar-refractivity contribution in [3.05, 3.63) is 28.2 Å². The summed E-state index contributed by atoms with van der Waals surface area (Å²) in [6.07, 6.45) is 1.52. The molecule has 0 radical (unpaired) electrons. The first-order valence-electron chi connectivity index (χ1n) is 6.90. The minimum atomic E-state index is -0.515.